The number of carbonyl (C=O) groups is 1. The maximum Gasteiger partial charge on any atom is 0.246 e. The van der Waals surface area contributed by atoms with Crippen molar-refractivity contribution in [2.24, 2.45) is 12.0 Å². The lowest BCUT2D eigenvalue weighted by Crippen LogP contribution is -2.55. The van der Waals surface area contributed by atoms with E-state index in [0.717, 1.165) is 35.8 Å². The minimum Gasteiger partial charge on any atom is -0.490 e. The standard InChI is InChI=1S/C22H30N6O2/c1-23-22(27-11-12-28(21(29)16-27)18-14-25-26(2)15-18)24-13-17-7-3-6-10-20(17)30-19-8-4-5-9-19/h3,6-7,10,14-15,19H,4-5,8-9,11-13,16H2,1-2H3,(H,23,24). The van der Waals surface area contributed by atoms with Gasteiger partial charge in [0.15, 0.2) is 5.96 Å². The molecule has 2 aliphatic rings. The molecule has 0 radical (unpaired) electrons. The second-order valence-electron chi connectivity index (χ2n) is 7.87. The van der Waals surface area contributed by atoms with E-state index < -0.39 is 0 Å². The summed E-state index contributed by atoms with van der Waals surface area (Å²) < 4.78 is 7.95. The van der Waals surface area contributed by atoms with Crippen LogP contribution >= 0.6 is 0 Å². The van der Waals surface area contributed by atoms with Crippen molar-refractivity contribution in [3.8, 4) is 5.75 Å². The number of nitrogens with zero attached hydrogens (tertiary/aromatic N) is 5. The molecular formula is C22H30N6O2. The second kappa shape index (κ2) is 9.19. The molecule has 8 heteroatoms. The van der Waals surface area contributed by atoms with Crippen LogP contribution in [0.1, 0.15) is 31.2 Å². The number of piperazine rings is 1. The van der Waals surface area contributed by atoms with Crippen molar-refractivity contribution < 1.29 is 9.53 Å². The van der Waals surface area contributed by atoms with Gasteiger partial charge in [-0.3, -0.25) is 14.5 Å². The number of hydrogen-bond donors (Lipinski definition) is 1. The Kier molecular flexibility index (Phi) is 6.21. The quantitative estimate of drug-likeness (QED) is 0.604. The Bertz CT molecular complexity index is 903. The molecule has 2 fully saturated rings. The van der Waals surface area contributed by atoms with Gasteiger partial charge in [-0.1, -0.05) is 18.2 Å². The summed E-state index contributed by atoms with van der Waals surface area (Å²) in [6, 6.07) is 8.15. The van der Waals surface area contributed by atoms with Crippen molar-refractivity contribution in [1.29, 1.82) is 0 Å². The predicted molar refractivity (Wildman–Crippen MR) is 117 cm³/mol. The maximum atomic E-state index is 12.7. The Morgan fingerprint density at radius 2 is 2.07 bits per heavy atom. The maximum absolute atomic E-state index is 12.7. The number of nitrogens with one attached hydrogen (secondary N) is 1. The van der Waals surface area contributed by atoms with Crippen LogP contribution in [-0.2, 0) is 18.4 Å². The highest BCUT2D eigenvalue weighted by Gasteiger charge is 2.27. The van der Waals surface area contributed by atoms with Crippen LogP contribution in [0.5, 0.6) is 5.75 Å². The van der Waals surface area contributed by atoms with Gasteiger partial charge < -0.3 is 19.9 Å². The molecule has 1 amide bonds. The zero-order valence-corrected chi connectivity index (χ0v) is 17.8. The van der Waals surface area contributed by atoms with E-state index in [9.17, 15) is 4.79 Å². The van der Waals surface area contributed by atoms with E-state index in [1.54, 1.807) is 22.8 Å². The number of guanidine groups is 1. The molecular weight excluding hydrogens is 380 g/mol. The lowest BCUT2D eigenvalue weighted by Gasteiger charge is -2.35. The molecule has 0 unspecified atom stereocenters. The van der Waals surface area contributed by atoms with Gasteiger partial charge in [-0.2, -0.15) is 5.10 Å². The minimum absolute atomic E-state index is 0.0437. The Balaban J connectivity index is 1.36. The molecule has 2 heterocycles. The summed E-state index contributed by atoms with van der Waals surface area (Å²) in [5.41, 5.74) is 1.94. The molecule has 30 heavy (non-hydrogen) atoms. The van der Waals surface area contributed by atoms with Gasteiger partial charge in [-0.05, 0) is 31.7 Å². The lowest BCUT2D eigenvalue weighted by atomic mass is 10.2. The fraction of sp³-hybridized carbons (Fsp3) is 0.500. The smallest absolute Gasteiger partial charge is 0.246 e. The summed E-state index contributed by atoms with van der Waals surface area (Å²) in [5.74, 6) is 1.71. The molecule has 1 aliphatic carbocycles. The van der Waals surface area contributed by atoms with Crippen LogP contribution in [0.3, 0.4) is 0 Å². The first-order valence-corrected chi connectivity index (χ1v) is 10.6. The molecule has 1 N–H and O–H groups in total. The third-order valence-electron chi connectivity index (χ3n) is 5.74. The highest BCUT2D eigenvalue weighted by atomic mass is 16.5. The fourth-order valence-corrected chi connectivity index (χ4v) is 4.13. The zero-order chi connectivity index (χ0) is 20.9. The highest BCUT2D eigenvalue weighted by molar-refractivity contribution is 5.98. The number of anilines is 1. The van der Waals surface area contributed by atoms with E-state index in [1.165, 1.54) is 12.8 Å². The van der Waals surface area contributed by atoms with Gasteiger partial charge in [0.1, 0.15) is 12.3 Å². The highest BCUT2D eigenvalue weighted by Crippen LogP contribution is 2.26. The van der Waals surface area contributed by atoms with E-state index in [1.807, 2.05) is 36.3 Å². The molecule has 1 aromatic carbocycles. The Morgan fingerprint density at radius 1 is 1.27 bits per heavy atom. The van der Waals surface area contributed by atoms with Crippen LogP contribution in [0, 0.1) is 0 Å². The summed E-state index contributed by atoms with van der Waals surface area (Å²) in [7, 11) is 3.60. The lowest BCUT2D eigenvalue weighted by molar-refractivity contribution is -0.120. The number of benzene rings is 1. The fourth-order valence-electron chi connectivity index (χ4n) is 4.13. The van der Waals surface area contributed by atoms with E-state index in [0.29, 0.717) is 25.7 Å². The van der Waals surface area contributed by atoms with Crippen LogP contribution in [0.4, 0.5) is 5.69 Å². The number of aromatic nitrogens is 2. The Hall–Kier alpha value is -3.03. The number of ether oxygens (including phenoxy) is 1. The molecule has 1 saturated heterocycles. The van der Waals surface area contributed by atoms with Crippen molar-refractivity contribution in [2.75, 3.05) is 31.6 Å². The zero-order valence-electron chi connectivity index (χ0n) is 17.8. The number of aryl methyl sites for hydroxylation is 1. The summed E-state index contributed by atoms with van der Waals surface area (Å²) in [5, 5.41) is 7.57. The molecule has 160 valence electrons. The van der Waals surface area contributed by atoms with Gasteiger partial charge in [0.05, 0.1) is 18.0 Å². The molecule has 0 atom stereocenters. The van der Waals surface area contributed by atoms with Gasteiger partial charge in [0.2, 0.25) is 5.91 Å². The van der Waals surface area contributed by atoms with Gasteiger partial charge in [-0.25, -0.2) is 0 Å². The van der Waals surface area contributed by atoms with Crippen molar-refractivity contribution in [3.05, 3.63) is 42.2 Å². The van der Waals surface area contributed by atoms with Gasteiger partial charge in [0.25, 0.3) is 0 Å². The molecule has 4 rings (SSSR count). The topological polar surface area (TPSA) is 75.0 Å². The van der Waals surface area contributed by atoms with Crippen LogP contribution in [-0.4, -0.2) is 59.3 Å². The molecule has 8 nitrogen and oxygen atoms in total. The summed E-state index contributed by atoms with van der Waals surface area (Å²) in [6.07, 6.45) is 8.67. The average molecular weight is 411 g/mol. The normalized spacial score (nSPS) is 18.2. The monoisotopic (exact) mass is 410 g/mol. The SMILES string of the molecule is CN=C(NCc1ccccc1OC1CCCC1)N1CCN(c2cnn(C)c2)C(=O)C1. The van der Waals surface area contributed by atoms with Gasteiger partial charge in [0, 0.05) is 45.5 Å². The van der Waals surface area contributed by atoms with Crippen LogP contribution in [0.2, 0.25) is 0 Å². The molecule has 1 aliphatic heterocycles. The first kappa shape index (κ1) is 20.3. The summed E-state index contributed by atoms with van der Waals surface area (Å²) in [4.78, 5) is 20.9. The first-order chi connectivity index (χ1) is 14.6. The van der Waals surface area contributed by atoms with Crippen molar-refractivity contribution in [3.63, 3.8) is 0 Å². The summed E-state index contributed by atoms with van der Waals surface area (Å²) in [6.45, 7) is 2.20. The summed E-state index contributed by atoms with van der Waals surface area (Å²) >= 11 is 0. The van der Waals surface area contributed by atoms with E-state index in [-0.39, 0.29) is 12.5 Å². The van der Waals surface area contributed by atoms with Gasteiger partial charge in [-0.15, -0.1) is 0 Å². The molecule has 1 saturated carbocycles. The van der Waals surface area contributed by atoms with E-state index in [4.69, 9.17) is 4.74 Å². The van der Waals surface area contributed by atoms with Crippen molar-refractivity contribution in [1.82, 2.24) is 20.0 Å². The molecule has 2 aromatic rings. The van der Waals surface area contributed by atoms with Crippen LogP contribution in [0.25, 0.3) is 0 Å². The van der Waals surface area contributed by atoms with Crippen molar-refractivity contribution >= 4 is 17.6 Å². The number of hydrogen-bond acceptors (Lipinski definition) is 4. The number of amides is 1. The minimum atomic E-state index is 0.0437. The Labute approximate surface area is 177 Å². The van der Waals surface area contributed by atoms with Gasteiger partial charge >= 0.3 is 0 Å². The average Bonchev–Trinajstić information content (AvgIpc) is 3.41. The number of para-hydroxylation sites is 1. The first-order valence-electron chi connectivity index (χ1n) is 10.6. The Morgan fingerprint density at radius 3 is 2.77 bits per heavy atom. The van der Waals surface area contributed by atoms with E-state index >= 15 is 0 Å². The van der Waals surface area contributed by atoms with Crippen LogP contribution in [0.15, 0.2) is 41.7 Å². The van der Waals surface area contributed by atoms with E-state index in [2.05, 4.69) is 21.5 Å². The van der Waals surface area contributed by atoms with Crippen molar-refractivity contribution in [2.45, 2.75) is 38.3 Å². The largest absolute Gasteiger partial charge is 0.490 e. The molecule has 0 spiro atoms. The number of rotatable bonds is 5. The third kappa shape index (κ3) is 4.58. The number of aliphatic imine (C=N–C) groups is 1. The molecule has 0 bridgehead atoms. The number of carbonyl (C=O) groups excluding carboxylic acids is 1. The van der Waals surface area contributed by atoms with Crippen LogP contribution < -0.4 is 15.0 Å². The third-order valence-corrected chi connectivity index (χ3v) is 5.74. The predicted octanol–water partition coefficient (Wildman–Crippen LogP) is 2.17. The second-order valence-corrected chi connectivity index (χ2v) is 7.87. The molecule has 1 aromatic heterocycles.